The fourth-order valence-corrected chi connectivity index (χ4v) is 1.43. The quantitative estimate of drug-likeness (QED) is 0.730. The highest BCUT2D eigenvalue weighted by Crippen LogP contribution is 2.08. The molecule has 0 aliphatic carbocycles. The second-order valence-electron chi connectivity index (χ2n) is 3.62. The molecule has 2 rings (SSSR count). The molecule has 0 amide bonds. The third-order valence-corrected chi connectivity index (χ3v) is 2.30. The van der Waals surface area contributed by atoms with Gasteiger partial charge in [-0.1, -0.05) is 5.21 Å². The van der Waals surface area contributed by atoms with Crippen LogP contribution in [0.25, 0.3) is 0 Å². The highest BCUT2D eigenvalue weighted by Gasteiger charge is 2.18. The van der Waals surface area contributed by atoms with Crippen LogP contribution in [0.2, 0.25) is 0 Å². The van der Waals surface area contributed by atoms with Crippen molar-refractivity contribution in [2.24, 2.45) is 0 Å². The van der Waals surface area contributed by atoms with Gasteiger partial charge in [-0.05, 0) is 13.8 Å². The largest absolute Gasteiger partial charge is 0.461 e. The average molecular weight is 251 g/mol. The van der Waals surface area contributed by atoms with Crippen molar-refractivity contribution in [1.29, 1.82) is 0 Å². The summed E-state index contributed by atoms with van der Waals surface area (Å²) in [5.74, 6) is 0.409. The monoisotopic (exact) mass is 251 g/mol. The SMILES string of the molecule is CCOC(=O)c1nnn(Cc2nnc(C)o2)c1C. The minimum Gasteiger partial charge on any atom is -0.461 e. The van der Waals surface area contributed by atoms with Gasteiger partial charge in [-0.15, -0.1) is 15.3 Å². The van der Waals surface area contributed by atoms with Crippen LogP contribution in [-0.4, -0.2) is 37.8 Å². The number of rotatable bonds is 4. The van der Waals surface area contributed by atoms with E-state index >= 15 is 0 Å². The first-order valence-electron chi connectivity index (χ1n) is 5.48. The molecule has 96 valence electrons. The third-order valence-electron chi connectivity index (χ3n) is 2.30. The maximum atomic E-state index is 11.5. The van der Waals surface area contributed by atoms with Gasteiger partial charge in [0.1, 0.15) is 6.54 Å². The summed E-state index contributed by atoms with van der Waals surface area (Å²) in [6.45, 7) is 5.75. The summed E-state index contributed by atoms with van der Waals surface area (Å²) in [5, 5.41) is 15.2. The molecule has 0 aliphatic heterocycles. The lowest BCUT2D eigenvalue weighted by Gasteiger charge is -2.00. The molecule has 0 aliphatic rings. The zero-order valence-electron chi connectivity index (χ0n) is 10.4. The van der Waals surface area contributed by atoms with Crippen molar-refractivity contribution in [1.82, 2.24) is 25.2 Å². The first-order chi connectivity index (χ1) is 8.61. The van der Waals surface area contributed by atoms with Crippen LogP contribution in [0, 0.1) is 13.8 Å². The van der Waals surface area contributed by atoms with E-state index in [1.54, 1.807) is 20.8 Å². The second kappa shape index (κ2) is 4.94. The van der Waals surface area contributed by atoms with Gasteiger partial charge in [-0.2, -0.15) is 0 Å². The smallest absolute Gasteiger partial charge is 0.360 e. The van der Waals surface area contributed by atoms with Gasteiger partial charge in [0, 0.05) is 6.92 Å². The molecule has 2 aromatic rings. The minimum atomic E-state index is -0.483. The lowest BCUT2D eigenvalue weighted by molar-refractivity contribution is 0.0518. The molecular weight excluding hydrogens is 238 g/mol. The number of aromatic nitrogens is 5. The molecule has 0 N–H and O–H groups in total. The molecule has 0 radical (unpaired) electrons. The topological polar surface area (TPSA) is 95.9 Å². The fraction of sp³-hybridized carbons (Fsp3) is 0.500. The van der Waals surface area contributed by atoms with Crippen LogP contribution in [-0.2, 0) is 11.3 Å². The standard InChI is InChI=1S/C10H13N5O3/c1-4-17-10(16)9-6(2)15(14-13-9)5-8-12-11-7(3)18-8/h4-5H2,1-3H3. The summed E-state index contributed by atoms with van der Waals surface area (Å²) in [6.07, 6.45) is 0. The molecule has 0 saturated heterocycles. The minimum absolute atomic E-state index is 0.202. The van der Waals surface area contributed by atoms with E-state index in [2.05, 4.69) is 20.5 Å². The van der Waals surface area contributed by atoms with Gasteiger partial charge in [0.2, 0.25) is 11.8 Å². The van der Waals surface area contributed by atoms with Crippen molar-refractivity contribution in [3.05, 3.63) is 23.2 Å². The maximum absolute atomic E-state index is 11.5. The number of aryl methyl sites for hydroxylation is 1. The van der Waals surface area contributed by atoms with E-state index in [4.69, 9.17) is 9.15 Å². The van der Waals surface area contributed by atoms with Crippen molar-refractivity contribution in [3.63, 3.8) is 0 Å². The third kappa shape index (κ3) is 2.36. The first-order valence-corrected chi connectivity index (χ1v) is 5.48. The van der Waals surface area contributed by atoms with Gasteiger partial charge >= 0.3 is 5.97 Å². The van der Waals surface area contributed by atoms with E-state index in [1.165, 1.54) is 4.68 Å². The van der Waals surface area contributed by atoms with Gasteiger partial charge in [-0.25, -0.2) is 9.48 Å². The van der Waals surface area contributed by atoms with E-state index in [1.807, 2.05) is 0 Å². The van der Waals surface area contributed by atoms with Crippen LogP contribution < -0.4 is 0 Å². The Kier molecular flexibility index (Phi) is 3.35. The van der Waals surface area contributed by atoms with E-state index < -0.39 is 5.97 Å². The lowest BCUT2D eigenvalue weighted by Crippen LogP contribution is -2.09. The zero-order chi connectivity index (χ0) is 13.1. The number of esters is 1. The van der Waals surface area contributed by atoms with Crippen LogP contribution in [0.3, 0.4) is 0 Å². The Hall–Kier alpha value is -2.25. The molecule has 18 heavy (non-hydrogen) atoms. The normalized spacial score (nSPS) is 10.6. The number of ether oxygens (including phenoxy) is 1. The number of carbonyl (C=O) groups is 1. The Balaban J connectivity index is 2.18. The summed E-state index contributed by atoms with van der Waals surface area (Å²) in [4.78, 5) is 11.5. The van der Waals surface area contributed by atoms with Gasteiger partial charge in [0.25, 0.3) is 0 Å². The fourth-order valence-electron chi connectivity index (χ4n) is 1.43. The highest BCUT2D eigenvalue weighted by molar-refractivity contribution is 5.88. The van der Waals surface area contributed by atoms with Crippen LogP contribution in [0.4, 0.5) is 0 Å². The Morgan fingerprint density at radius 1 is 1.33 bits per heavy atom. The van der Waals surface area contributed by atoms with Crippen molar-refractivity contribution < 1.29 is 13.9 Å². The summed E-state index contributed by atoms with van der Waals surface area (Å²) in [6, 6.07) is 0. The molecule has 8 nitrogen and oxygen atoms in total. The number of hydrogen-bond acceptors (Lipinski definition) is 7. The van der Waals surface area contributed by atoms with E-state index in [9.17, 15) is 4.79 Å². The average Bonchev–Trinajstić information content (AvgIpc) is 2.88. The number of carbonyl (C=O) groups excluding carboxylic acids is 1. The molecule has 0 spiro atoms. The molecule has 0 saturated carbocycles. The Morgan fingerprint density at radius 2 is 2.11 bits per heavy atom. The molecule has 0 atom stereocenters. The van der Waals surface area contributed by atoms with E-state index in [-0.39, 0.29) is 12.2 Å². The van der Waals surface area contributed by atoms with Crippen LogP contribution in [0.5, 0.6) is 0 Å². The molecule has 8 heteroatoms. The summed E-state index contributed by atoms with van der Waals surface area (Å²) in [5.41, 5.74) is 0.803. The predicted octanol–water partition coefficient (Wildman–Crippen LogP) is 0.503. The van der Waals surface area contributed by atoms with E-state index in [0.717, 1.165) is 0 Å². The molecule has 0 fully saturated rings. The van der Waals surface area contributed by atoms with Crippen LogP contribution in [0.15, 0.2) is 4.42 Å². The highest BCUT2D eigenvalue weighted by atomic mass is 16.5. The van der Waals surface area contributed by atoms with Gasteiger partial charge in [0.05, 0.1) is 12.3 Å². The summed E-state index contributed by atoms with van der Waals surface area (Å²) in [7, 11) is 0. The summed E-state index contributed by atoms with van der Waals surface area (Å²) >= 11 is 0. The van der Waals surface area contributed by atoms with Gasteiger partial charge in [-0.3, -0.25) is 0 Å². The van der Waals surface area contributed by atoms with Crippen molar-refractivity contribution in [2.45, 2.75) is 27.3 Å². The lowest BCUT2D eigenvalue weighted by atomic mass is 10.3. The maximum Gasteiger partial charge on any atom is 0.360 e. The van der Waals surface area contributed by atoms with Crippen LogP contribution >= 0.6 is 0 Å². The van der Waals surface area contributed by atoms with Crippen molar-refractivity contribution in [2.75, 3.05) is 6.61 Å². The molecule has 0 bridgehead atoms. The second-order valence-corrected chi connectivity index (χ2v) is 3.62. The molecule has 2 heterocycles. The molecule has 2 aromatic heterocycles. The Labute approximate surface area is 103 Å². The molecule has 0 aromatic carbocycles. The van der Waals surface area contributed by atoms with Crippen LogP contribution in [0.1, 0.15) is 34.9 Å². The Bertz CT molecular complexity index is 560. The Morgan fingerprint density at radius 3 is 2.72 bits per heavy atom. The zero-order valence-corrected chi connectivity index (χ0v) is 10.4. The van der Waals surface area contributed by atoms with Crippen molar-refractivity contribution >= 4 is 5.97 Å². The first kappa shape index (κ1) is 12.2. The van der Waals surface area contributed by atoms with Crippen molar-refractivity contribution in [3.8, 4) is 0 Å². The number of nitrogens with zero attached hydrogens (tertiary/aromatic N) is 5. The summed E-state index contributed by atoms with van der Waals surface area (Å²) < 4.78 is 11.6. The van der Waals surface area contributed by atoms with E-state index in [0.29, 0.717) is 24.1 Å². The van der Waals surface area contributed by atoms with Gasteiger partial charge in [0.15, 0.2) is 5.69 Å². The molecular formula is C10H13N5O3. The predicted molar refractivity (Wildman–Crippen MR) is 58.9 cm³/mol. The molecule has 0 unspecified atom stereocenters. The van der Waals surface area contributed by atoms with Gasteiger partial charge < -0.3 is 9.15 Å². The number of hydrogen-bond donors (Lipinski definition) is 0.